The van der Waals surface area contributed by atoms with Crippen LogP contribution in [0.25, 0.3) is 5.69 Å². The van der Waals surface area contributed by atoms with Gasteiger partial charge in [-0.3, -0.25) is 14.2 Å². The van der Waals surface area contributed by atoms with Crippen molar-refractivity contribution in [2.24, 2.45) is 0 Å². The van der Waals surface area contributed by atoms with Gasteiger partial charge in [0.05, 0.1) is 0 Å². The molecule has 0 saturated heterocycles. The van der Waals surface area contributed by atoms with Crippen LogP contribution < -0.4 is 11.1 Å². The second-order valence-electron chi connectivity index (χ2n) is 6.28. The van der Waals surface area contributed by atoms with Crippen LogP contribution in [-0.4, -0.2) is 9.55 Å². The van der Waals surface area contributed by atoms with Gasteiger partial charge in [0.1, 0.15) is 0 Å². The SMILES string of the molecule is Cc1ccc(=O)[nH]c1.Cc1ccc(=O)n(-c2ccccc2)c1.Ic1ccccc1. The summed E-state index contributed by atoms with van der Waals surface area (Å²) in [5.41, 5.74) is 3.01. The normalized spacial score (nSPS) is 9.48. The van der Waals surface area contributed by atoms with E-state index < -0.39 is 0 Å². The molecule has 2 aromatic heterocycles. The second kappa shape index (κ2) is 11.8. The minimum atomic E-state index is -0.0457. The predicted octanol–water partition coefficient (Wildman–Crippen LogP) is 5.12. The van der Waals surface area contributed by atoms with Crippen LogP contribution in [0.15, 0.2) is 107 Å². The van der Waals surface area contributed by atoms with Gasteiger partial charge in [0.15, 0.2) is 0 Å². The van der Waals surface area contributed by atoms with Crippen LogP contribution in [0.2, 0.25) is 0 Å². The van der Waals surface area contributed by atoms with E-state index in [0.29, 0.717) is 0 Å². The van der Waals surface area contributed by atoms with Gasteiger partial charge < -0.3 is 4.98 Å². The molecule has 0 amide bonds. The second-order valence-corrected chi connectivity index (χ2v) is 7.52. The number of benzene rings is 2. The molecule has 0 unspecified atom stereocenters. The molecule has 4 nitrogen and oxygen atoms in total. The Morgan fingerprint density at radius 2 is 1.31 bits per heavy atom. The lowest BCUT2D eigenvalue weighted by Gasteiger charge is -2.05. The summed E-state index contributed by atoms with van der Waals surface area (Å²) in [7, 11) is 0. The smallest absolute Gasteiger partial charge is 0.255 e. The van der Waals surface area contributed by atoms with Crippen molar-refractivity contribution >= 4 is 22.6 Å². The van der Waals surface area contributed by atoms with Crippen molar-refractivity contribution in [1.82, 2.24) is 9.55 Å². The van der Waals surface area contributed by atoms with E-state index in [4.69, 9.17) is 0 Å². The fraction of sp³-hybridized carbons (Fsp3) is 0.0833. The summed E-state index contributed by atoms with van der Waals surface area (Å²) in [4.78, 5) is 24.4. The highest BCUT2D eigenvalue weighted by Crippen LogP contribution is 2.04. The van der Waals surface area contributed by atoms with E-state index in [-0.39, 0.29) is 11.1 Å². The third-order valence-electron chi connectivity index (χ3n) is 3.77. The Morgan fingerprint density at radius 3 is 1.79 bits per heavy atom. The van der Waals surface area contributed by atoms with E-state index in [9.17, 15) is 9.59 Å². The maximum Gasteiger partial charge on any atom is 0.255 e. The molecule has 0 radical (unpaired) electrons. The molecule has 2 heterocycles. The van der Waals surface area contributed by atoms with E-state index >= 15 is 0 Å². The predicted molar refractivity (Wildman–Crippen MR) is 128 cm³/mol. The summed E-state index contributed by atoms with van der Waals surface area (Å²) in [6.07, 6.45) is 3.53. The van der Waals surface area contributed by atoms with Crippen LogP contribution in [0.5, 0.6) is 0 Å². The van der Waals surface area contributed by atoms with Crippen molar-refractivity contribution in [3.8, 4) is 5.69 Å². The Kier molecular flexibility index (Phi) is 9.11. The van der Waals surface area contributed by atoms with E-state index in [1.807, 2.05) is 74.6 Å². The van der Waals surface area contributed by atoms with Crippen molar-refractivity contribution in [3.63, 3.8) is 0 Å². The summed E-state index contributed by atoms with van der Waals surface area (Å²) in [5.74, 6) is 0. The Morgan fingerprint density at radius 1 is 0.724 bits per heavy atom. The Labute approximate surface area is 184 Å². The summed E-state index contributed by atoms with van der Waals surface area (Å²) in [6, 6.07) is 26.5. The van der Waals surface area contributed by atoms with Gasteiger partial charge in [-0.1, -0.05) is 48.5 Å². The summed E-state index contributed by atoms with van der Waals surface area (Å²) < 4.78 is 2.94. The number of hydrogen-bond acceptors (Lipinski definition) is 2. The van der Waals surface area contributed by atoms with Gasteiger partial charge >= 0.3 is 0 Å². The highest BCUT2D eigenvalue weighted by molar-refractivity contribution is 14.1. The number of aryl methyl sites for hydroxylation is 2. The average molecular weight is 498 g/mol. The molecule has 0 aliphatic heterocycles. The van der Waals surface area contributed by atoms with Crippen LogP contribution >= 0.6 is 22.6 Å². The number of H-pyrrole nitrogens is 1. The van der Waals surface area contributed by atoms with E-state index in [0.717, 1.165) is 16.8 Å². The number of aromatic amines is 1. The minimum Gasteiger partial charge on any atom is -0.329 e. The number of nitrogens with one attached hydrogen (secondary N) is 1. The van der Waals surface area contributed by atoms with E-state index in [2.05, 4.69) is 39.7 Å². The number of para-hydroxylation sites is 1. The lowest BCUT2D eigenvalue weighted by Crippen LogP contribution is -2.16. The van der Waals surface area contributed by atoms with Crippen LogP contribution in [0.1, 0.15) is 11.1 Å². The fourth-order valence-electron chi connectivity index (χ4n) is 2.29. The quantitative estimate of drug-likeness (QED) is 0.371. The number of pyridine rings is 2. The molecule has 1 N–H and O–H groups in total. The Balaban J connectivity index is 0.000000170. The molecule has 4 rings (SSSR count). The molecule has 0 atom stereocenters. The molecule has 5 heteroatoms. The average Bonchev–Trinajstić information content (AvgIpc) is 2.74. The highest BCUT2D eigenvalue weighted by Gasteiger charge is 1.97. The molecule has 0 bridgehead atoms. The zero-order chi connectivity index (χ0) is 21.1. The standard InChI is InChI=1S/C12H11NO.C6H5I.C6H7NO/c1-10-7-8-12(14)13(9-10)11-5-3-2-4-6-11;7-6-4-2-1-3-5-6;1-5-2-3-6(8)7-4-5/h2-9H,1H3;1-5H;2-4H,1H3,(H,7,8). The van der Waals surface area contributed by atoms with Crippen LogP contribution in [0.4, 0.5) is 0 Å². The number of rotatable bonds is 1. The van der Waals surface area contributed by atoms with Crippen molar-refractivity contribution in [3.05, 3.63) is 133 Å². The molecule has 148 valence electrons. The number of nitrogens with zero attached hydrogens (tertiary/aromatic N) is 1. The number of aromatic nitrogens is 2. The van der Waals surface area contributed by atoms with Gasteiger partial charge in [-0.2, -0.15) is 0 Å². The summed E-state index contributed by atoms with van der Waals surface area (Å²) >= 11 is 2.28. The van der Waals surface area contributed by atoms with Crippen LogP contribution in [0.3, 0.4) is 0 Å². The van der Waals surface area contributed by atoms with Gasteiger partial charge in [-0.25, -0.2) is 0 Å². The lowest BCUT2D eigenvalue weighted by molar-refractivity contribution is 0.976. The maximum atomic E-state index is 11.5. The number of halogens is 1. The molecule has 0 aliphatic rings. The third kappa shape index (κ3) is 8.31. The summed E-state index contributed by atoms with van der Waals surface area (Å²) in [6.45, 7) is 3.90. The molecule has 0 aliphatic carbocycles. The maximum absolute atomic E-state index is 11.5. The largest absolute Gasteiger partial charge is 0.329 e. The first-order valence-electron chi connectivity index (χ1n) is 9.06. The van der Waals surface area contributed by atoms with Crippen molar-refractivity contribution in [1.29, 1.82) is 0 Å². The van der Waals surface area contributed by atoms with Gasteiger partial charge in [-0.15, -0.1) is 0 Å². The molecular formula is C24H23IN2O2. The van der Waals surface area contributed by atoms with Gasteiger partial charge in [0, 0.05) is 33.8 Å². The minimum absolute atomic E-state index is 0.00167. The molecule has 2 aromatic carbocycles. The number of hydrogen-bond donors (Lipinski definition) is 1. The molecular weight excluding hydrogens is 475 g/mol. The zero-order valence-electron chi connectivity index (χ0n) is 16.4. The van der Waals surface area contributed by atoms with Crippen molar-refractivity contribution < 1.29 is 0 Å². The summed E-state index contributed by atoms with van der Waals surface area (Å²) in [5, 5.41) is 0. The van der Waals surface area contributed by atoms with Crippen molar-refractivity contribution in [2.75, 3.05) is 0 Å². The van der Waals surface area contributed by atoms with Gasteiger partial charge in [0.2, 0.25) is 5.56 Å². The first-order valence-corrected chi connectivity index (χ1v) is 10.1. The lowest BCUT2D eigenvalue weighted by atomic mass is 10.3. The highest BCUT2D eigenvalue weighted by atomic mass is 127. The molecule has 29 heavy (non-hydrogen) atoms. The van der Waals surface area contributed by atoms with Gasteiger partial charge in [0.25, 0.3) is 5.56 Å². The van der Waals surface area contributed by atoms with E-state index in [1.54, 1.807) is 22.9 Å². The van der Waals surface area contributed by atoms with Crippen molar-refractivity contribution in [2.45, 2.75) is 13.8 Å². The topological polar surface area (TPSA) is 54.9 Å². The van der Waals surface area contributed by atoms with Crippen LogP contribution in [-0.2, 0) is 0 Å². The first kappa shape index (κ1) is 22.4. The van der Waals surface area contributed by atoms with Crippen LogP contribution in [0, 0.1) is 17.4 Å². The Bertz CT molecular complexity index is 1100. The van der Waals surface area contributed by atoms with Gasteiger partial charge in [-0.05, 0) is 71.8 Å². The fourth-order valence-corrected chi connectivity index (χ4v) is 2.70. The monoisotopic (exact) mass is 498 g/mol. The molecule has 0 spiro atoms. The molecule has 0 fully saturated rings. The molecule has 0 saturated carbocycles. The third-order valence-corrected chi connectivity index (χ3v) is 4.49. The van der Waals surface area contributed by atoms with E-state index in [1.165, 1.54) is 9.64 Å². The first-order chi connectivity index (χ1) is 14.0. The zero-order valence-corrected chi connectivity index (χ0v) is 18.5. The molecule has 4 aromatic rings. The Hall–Kier alpha value is -2.93.